The van der Waals surface area contributed by atoms with E-state index in [1.54, 1.807) is 60.3 Å². The number of alkyl carbamates (subject to hydrolysis) is 1. The Bertz CT molecular complexity index is 638. The minimum atomic E-state index is -0.940. The normalized spacial score (nSPS) is 17.8. The Morgan fingerprint density at radius 3 is 2.00 bits per heavy atom. The smallest absolute Gasteiger partial charge is 0.421 e. The molecule has 0 aliphatic carbocycles. The molecular weight excluding hydrogens is 406 g/mol. The molecule has 0 saturated carbocycles. The predicted molar refractivity (Wildman–Crippen MR) is 114 cm³/mol. The van der Waals surface area contributed by atoms with Gasteiger partial charge in [-0.05, 0) is 68.2 Å². The molecule has 0 radical (unpaired) electrons. The van der Waals surface area contributed by atoms with Gasteiger partial charge >= 0.3 is 18.3 Å². The summed E-state index contributed by atoms with van der Waals surface area (Å²) in [7, 11) is 1.50. The van der Waals surface area contributed by atoms with E-state index in [0.29, 0.717) is 13.0 Å². The van der Waals surface area contributed by atoms with Gasteiger partial charge in [0.05, 0.1) is 13.3 Å². The van der Waals surface area contributed by atoms with Gasteiger partial charge in [-0.3, -0.25) is 4.90 Å². The molecule has 1 atom stereocenters. The van der Waals surface area contributed by atoms with E-state index < -0.39 is 41.2 Å². The molecule has 3 amide bonds. The number of amides is 3. The van der Waals surface area contributed by atoms with Crippen LogP contribution in [0.4, 0.5) is 14.4 Å². The fraction of sp³-hybridized carbons (Fsp3) is 0.857. The van der Waals surface area contributed by atoms with Gasteiger partial charge in [-0.1, -0.05) is 0 Å². The Kier molecular flexibility index (Phi) is 9.13. The van der Waals surface area contributed by atoms with Crippen LogP contribution in [-0.2, 0) is 18.9 Å². The first kappa shape index (κ1) is 27.0. The molecule has 1 saturated heterocycles. The van der Waals surface area contributed by atoms with Crippen LogP contribution in [0.2, 0.25) is 0 Å². The molecule has 0 aromatic carbocycles. The van der Waals surface area contributed by atoms with Crippen molar-refractivity contribution in [1.29, 1.82) is 0 Å². The molecule has 1 unspecified atom stereocenters. The Hall–Kier alpha value is -2.07. The highest BCUT2D eigenvalue weighted by Gasteiger charge is 2.42. The largest absolute Gasteiger partial charge is 0.444 e. The number of carbonyl (C=O) groups is 3. The minimum Gasteiger partial charge on any atom is -0.444 e. The molecule has 0 aromatic heterocycles. The van der Waals surface area contributed by atoms with Crippen LogP contribution in [0, 0.1) is 0 Å². The molecule has 10 nitrogen and oxygen atoms in total. The standard InChI is InChI=1S/C21H39N3O7/c1-19(2,3)29-16(25)22-14-23-12-10-11-15(23)24(17(26)30-20(4,5)6)18(27)31-21(7,8)13-28-9/h15H,10-14H2,1-9H3,(H,22,25). The Morgan fingerprint density at radius 1 is 0.935 bits per heavy atom. The zero-order valence-corrected chi connectivity index (χ0v) is 20.4. The second-order valence-corrected chi connectivity index (χ2v) is 10.2. The third kappa shape index (κ3) is 9.73. The van der Waals surface area contributed by atoms with Crippen molar-refractivity contribution in [2.24, 2.45) is 0 Å². The summed E-state index contributed by atoms with van der Waals surface area (Å²) < 4.78 is 21.4. The number of nitrogens with zero attached hydrogens (tertiary/aromatic N) is 2. The predicted octanol–water partition coefficient (Wildman–Crippen LogP) is 3.69. The highest BCUT2D eigenvalue weighted by Crippen LogP contribution is 2.25. The number of carbonyl (C=O) groups excluding carboxylic acids is 3. The summed E-state index contributed by atoms with van der Waals surface area (Å²) in [5.74, 6) is 0. The van der Waals surface area contributed by atoms with Crippen LogP contribution in [-0.4, -0.2) is 78.0 Å². The van der Waals surface area contributed by atoms with Gasteiger partial charge in [-0.15, -0.1) is 0 Å². The van der Waals surface area contributed by atoms with Crippen molar-refractivity contribution in [2.45, 2.75) is 91.2 Å². The van der Waals surface area contributed by atoms with E-state index in [9.17, 15) is 14.4 Å². The topological polar surface area (TPSA) is 107 Å². The van der Waals surface area contributed by atoms with Crippen LogP contribution in [0.5, 0.6) is 0 Å². The molecule has 1 aliphatic heterocycles. The summed E-state index contributed by atoms with van der Waals surface area (Å²) in [4.78, 5) is 40.8. The van der Waals surface area contributed by atoms with Crippen LogP contribution in [0.25, 0.3) is 0 Å². The number of hydrogen-bond donors (Lipinski definition) is 1. The van der Waals surface area contributed by atoms with Gasteiger partial charge in [0.2, 0.25) is 0 Å². The number of likely N-dealkylation sites (tertiary alicyclic amines) is 1. The lowest BCUT2D eigenvalue weighted by atomic mass is 10.1. The van der Waals surface area contributed by atoms with E-state index in [0.717, 1.165) is 11.3 Å². The minimum absolute atomic E-state index is 0.105. The van der Waals surface area contributed by atoms with E-state index in [2.05, 4.69) is 5.32 Å². The summed E-state index contributed by atoms with van der Waals surface area (Å²) >= 11 is 0. The molecule has 180 valence electrons. The lowest BCUT2D eigenvalue weighted by Crippen LogP contribution is -2.55. The molecule has 1 rings (SSSR count). The molecule has 10 heteroatoms. The molecular formula is C21H39N3O7. The molecule has 0 aromatic rings. The molecule has 1 fully saturated rings. The van der Waals surface area contributed by atoms with Crippen molar-refractivity contribution in [1.82, 2.24) is 15.1 Å². The van der Waals surface area contributed by atoms with Gasteiger partial charge in [0.1, 0.15) is 23.0 Å². The molecule has 1 N–H and O–H groups in total. The number of nitrogens with one attached hydrogen (secondary N) is 1. The number of rotatable bonds is 6. The highest BCUT2D eigenvalue weighted by molar-refractivity contribution is 5.88. The number of methoxy groups -OCH3 is 1. The first-order valence-electron chi connectivity index (χ1n) is 10.5. The molecule has 31 heavy (non-hydrogen) atoms. The Labute approximate surface area is 185 Å². The maximum Gasteiger partial charge on any atom is 0.421 e. The average Bonchev–Trinajstić information content (AvgIpc) is 2.97. The van der Waals surface area contributed by atoms with Crippen molar-refractivity contribution in [3.8, 4) is 0 Å². The fourth-order valence-corrected chi connectivity index (χ4v) is 3.06. The van der Waals surface area contributed by atoms with E-state index in [1.807, 2.05) is 0 Å². The third-order valence-electron chi connectivity index (χ3n) is 4.09. The van der Waals surface area contributed by atoms with Crippen molar-refractivity contribution in [3.63, 3.8) is 0 Å². The van der Waals surface area contributed by atoms with Gasteiger partial charge in [0.15, 0.2) is 0 Å². The van der Waals surface area contributed by atoms with Crippen molar-refractivity contribution >= 4 is 18.3 Å². The molecule has 0 bridgehead atoms. The first-order chi connectivity index (χ1) is 14.0. The van der Waals surface area contributed by atoms with Crippen molar-refractivity contribution in [3.05, 3.63) is 0 Å². The van der Waals surface area contributed by atoms with Crippen LogP contribution < -0.4 is 5.32 Å². The van der Waals surface area contributed by atoms with Crippen LogP contribution >= 0.6 is 0 Å². The highest BCUT2D eigenvalue weighted by atomic mass is 16.6. The third-order valence-corrected chi connectivity index (χ3v) is 4.09. The zero-order chi connectivity index (χ0) is 24.0. The van der Waals surface area contributed by atoms with Gasteiger partial charge in [-0.2, -0.15) is 4.90 Å². The van der Waals surface area contributed by atoms with Gasteiger partial charge < -0.3 is 24.3 Å². The van der Waals surface area contributed by atoms with Gasteiger partial charge in [-0.25, -0.2) is 14.4 Å². The van der Waals surface area contributed by atoms with Crippen LogP contribution in [0.3, 0.4) is 0 Å². The fourth-order valence-electron chi connectivity index (χ4n) is 3.06. The lowest BCUT2D eigenvalue weighted by Gasteiger charge is -2.36. The molecule has 1 aliphatic rings. The van der Waals surface area contributed by atoms with E-state index >= 15 is 0 Å². The number of imide groups is 1. The van der Waals surface area contributed by atoms with E-state index in [4.69, 9.17) is 18.9 Å². The summed E-state index contributed by atoms with van der Waals surface area (Å²) in [6, 6.07) is 0. The van der Waals surface area contributed by atoms with Gasteiger partial charge in [0, 0.05) is 13.7 Å². The second-order valence-electron chi connectivity index (χ2n) is 10.2. The lowest BCUT2D eigenvalue weighted by molar-refractivity contribution is -0.0510. The van der Waals surface area contributed by atoms with E-state index in [1.165, 1.54) is 7.11 Å². The SMILES string of the molecule is COCC(C)(C)OC(=O)N(C(=O)OC(C)(C)C)C1CCCN1CNC(=O)OC(C)(C)C. The maximum atomic E-state index is 13.0. The van der Waals surface area contributed by atoms with E-state index in [-0.39, 0.29) is 13.3 Å². The zero-order valence-electron chi connectivity index (χ0n) is 20.4. The average molecular weight is 446 g/mol. The Balaban J connectivity index is 3.00. The van der Waals surface area contributed by atoms with Crippen LogP contribution in [0.15, 0.2) is 0 Å². The number of ether oxygens (including phenoxy) is 4. The second kappa shape index (κ2) is 10.5. The monoisotopic (exact) mass is 445 g/mol. The first-order valence-corrected chi connectivity index (χ1v) is 10.5. The Morgan fingerprint density at radius 2 is 1.48 bits per heavy atom. The molecule has 0 spiro atoms. The van der Waals surface area contributed by atoms with Crippen LogP contribution in [0.1, 0.15) is 68.2 Å². The van der Waals surface area contributed by atoms with Gasteiger partial charge in [0.25, 0.3) is 0 Å². The quantitative estimate of drug-likeness (QED) is 0.617. The summed E-state index contributed by atoms with van der Waals surface area (Å²) in [5.41, 5.74) is -2.37. The number of hydrogen-bond acceptors (Lipinski definition) is 8. The summed E-state index contributed by atoms with van der Waals surface area (Å²) in [6.45, 7) is 14.7. The van der Waals surface area contributed by atoms with Crippen molar-refractivity contribution < 1.29 is 33.3 Å². The summed E-state index contributed by atoms with van der Waals surface area (Å²) in [6.07, 6.45) is -1.59. The van der Waals surface area contributed by atoms with Crippen molar-refractivity contribution in [2.75, 3.05) is 26.9 Å². The maximum absolute atomic E-state index is 13.0. The summed E-state index contributed by atoms with van der Waals surface area (Å²) in [5, 5.41) is 2.67. The molecule has 1 heterocycles.